The molecule has 0 saturated heterocycles. The van der Waals surface area contributed by atoms with E-state index in [0.29, 0.717) is 12.2 Å². The smallest absolute Gasteiger partial charge is 0.143 e. The van der Waals surface area contributed by atoms with Crippen molar-refractivity contribution in [3.8, 4) is 0 Å². The first-order chi connectivity index (χ1) is 9.72. The second-order valence-electron chi connectivity index (χ2n) is 5.67. The van der Waals surface area contributed by atoms with Crippen LogP contribution in [0.15, 0.2) is 42.6 Å². The van der Waals surface area contributed by atoms with Gasteiger partial charge in [0.2, 0.25) is 0 Å². The van der Waals surface area contributed by atoms with Crippen molar-refractivity contribution in [2.24, 2.45) is 7.05 Å². The van der Waals surface area contributed by atoms with E-state index in [2.05, 4.69) is 17.2 Å². The molecule has 20 heavy (non-hydrogen) atoms. The van der Waals surface area contributed by atoms with Crippen LogP contribution in [0.5, 0.6) is 0 Å². The van der Waals surface area contributed by atoms with Crippen molar-refractivity contribution in [2.45, 2.75) is 37.5 Å². The van der Waals surface area contributed by atoms with E-state index < -0.39 is 0 Å². The molecule has 104 valence electrons. The third-order valence-corrected chi connectivity index (χ3v) is 4.60. The lowest BCUT2D eigenvalue weighted by Gasteiger charge is -2.41. The zero-order chi connectivity index (χ0) is 14.0. The predicted octanol–water partition coefficient (Wildman–Crippen LogP) is 3.04. The van der Waals surface area contributed by atoms with E-state index in [1.165, 1.54) is 5.56 Å². The number of benzene rings is 1. The first kappa shape index (κ1) is 13.1. The third-order valence-electron chi connectivity index (χ3n) is 4.60. The van der Waals surface area contributed by atoms with Crippen LogP contribution in [0.2, 0.25) is 0 Å². The van der Waals surface area contributed by atoms with Gasteiger partial charge in [0.25, 0.3) is 0 Å². The summed E-state index contributed by atoms with van der Waals surface area (Å²) in [6, 6.07) is 12.3. The quantitative estimate of drug-likeness (QED) is 0.835. The van der Waals surface area contributed by atoms with Crippen molar-refractivity contribution in [3.63, 3.8) is 0 Å². The number of Topliss-reactive ketones (excluding diaryl/α,β-unsaturated/α-hetero) is 1. The number of carbonyl (C=O) groups excluding carboxylic acids is 1. The van der Waals surface area contributed by atoms with E-state index in [1.54, 1.807) is 6.20 Å². The maximum atomic E-state index is 12.7. The number of hydrogen-bond donors (Lipinski definition) is 0. The Hall–Kier alpha value is -1.90. The zero-order valence-corrected chi connectivity index (χ0v) is 11.9. The fourth-order valence-corrected chi connectivity index (χ4v) is 3.14. The first-order valence-corrected chi connectivity index (χ1v) is 7.28. The molecule has 1 heterocycles. The fraction of sp³-hybridized carbons (Fsp3) is 0.412. The Morgan fingerprint density at radius 3 is 2.55 bits per heavy atom. The van der Waals surface area contributed by atoms with Gasteiger partial charge in [-0.2, -0.15) is 5.10 Å². The summed E-state index contributed by atoms with van der Waals surface area (Å²) in [6.07, 6.45) is 6.34. The third kappa shape index (κ3) is 2.17. The van der Waals surface area contributed by atoms with Gasteiger partial charge in [-0.15, -0.1) is 0 Å². The van der Waals surface area contributed by atoms with Gasteiger partial charge in [-0.1, -0.05) is 36.8 Å². The van der Waals surface area contributed by atoms with E-state index in [0.717, 1.165) is 31.4 Å². The van der Waals surface area contributed by atoms with Crippen LogP contribution in [0.3, 0.4) is 0 Å². The Morgan fingerprint density at radius 1 is 1.25 bits per heavy atom. The second-order valence-corrected chi connectivity index (χ2v) is 5.67. The topological polar surface area (TPSA) is 34.9 Å². The van der Waals surface area contributed by atoms with Gasteiger partial charge < -0.3 is 0 Å². The molecule has 0 N–H and O–H groups in total. The van der Waals surface area contributed by atoms with E-state index in [-0.39, 0.29) is 5.41 Å². The number of ketones is 1. The first-order valence-electron chi connectivity index (χ1n) is 7.28. The minimum absolute atomic E-state index is 0.208. The van der Waals surface area contributed by atoms with E-state index in [1.807, 2.05) is 36.0 Å². The molecule has 0 bridgehead atoms. The van der Waals surface area contributed by atoms with Gasteiger partial charge in [-0.25, -0.2) is 0 Å². The average Bonchev–Trinajstić information content (AvgIpc) is 2.82. The van der Waals surface area contributed by atoms with E-state index in [4.69, 9.17) is 0 Å². The molecule has 0 unspecified atom stereocenters. The Balaban J connectivity index is 1.74. The Labute approximate surface area is 119 Å². The largest absolute Gasteiger partial charge is 0.299 e. The van der Waals surface area contributed by atoms with Crippen LogP contribution in [0.4, 0.5) is 0 Å². The maximum absolute atomic E-state index is 12.7. The van der Waals surface area contributed by atoms with Gasteiger partial charge in [0.15, 0.2) is 0 Å². The highest BCUT2D eigenvalue weighted by Gasteiger charge is 2.44. The molecule has 3 nitrogen and oxygen atoms in total. The molecule has 0 radical (unpaired) electrons. The minimum Gasteiger partial charge on any atom is -0.299 e. The molecule has 0 aliphatic heterocycles. The number of rotatable bonds is 5. The minimum atomic E-state index is -0.208. The number of hydrogen-bond acceptors (Lipinski definition) is 2. The van der Waals surface area contributed by atoms with Crippen molar-refractivity contribution >= 4 is 5.78 Å². The molecule has 1 saturated carbocycles. The summed E-state index contributed by atoms with van der Waals surface area (Å²) in [4.78, 5) is 12.7. The maximum Gasteiger partial charge on any atom is 0.143 e. The monoisotopic (exact) mass is 268 g/mol. The van der Waals surface area contributed by atoms with Crippen molar-refractivity contribution in [1.82, 2.24) is 9.78 Å². The summed E-state index contributed by atoms with van der Waals surface area (Å²) in [5.41, 5.74) is 2.11. The molecule has 0 atom stereocenters. The van der Waals surface area contributed by atoms with Crippen molar-refractivity contribution in [3.05, 3.63) is 53.9 Å². The molecule has 1 aliphatic carbocycles. The highest BCUT2D eigenvalue weighted by molar-refractivity contribution is 5.91. The molecule has 3 heteroatoms. The lowest BCUT2D eigenvalue weighted by Crippen LogP contribution is -2.42. The highest BCUT2D eigenvalue weighted by Crippen LogP contribution is 2.45. The summed E-state index contributed by atoms with van der Waals surface area (Å²) in [5, 5.41) is 4.15. The van der Waals surface area contributed by atoms with Crippen LogP contribution in [0.1, 0.15) is 36.9 Å². The highest BCUT2D eigenvalue weighted by atomic mass is 16.1. The average molecular weight is 268 g/mol. The Morgan fingerprint density at radius 2 is 2.00 bits per heavy atom. The number of aromatic nitrogens is 2. The van der Waals surface area contributed by atoms with Gasteiger partial charge >= 0.3 is 0 Å². The molecule has 1 aliphatic rings. The van der Waals surface area contributed by atoms with Crippen molar-refractivity contribution in [1.29, 1.82) is 0 Å². The van der Waals surface area contributed by atoms with Crippen molar-refractivity contribution in [2.75, 3.05) is 0 Å². The Kier molecular flexibility index (Phi) is 3.43. The number of carbonyl (C=O) groups is 1. The molecular weight excluding hydrogens is 248 g/mol. The van der Waals surface area contributed by atoms with E-state index >= 15 is 0 Å². The molecule has 1 aromatic carbocycles. The standard InChI is InChI=1S/C17H20N2O/c1-19-15(10-13-18-19)8-9-16(20)17(11-5-12-17)14-6-3-2-4-7-14/h2-4,6-7,10,13H,5,8-9,11-12H2,1H3. The molecule has 1 fully saturated rings. The predicted molar refractivity (Wildman–Crippen MR) is 78.5 cm³/mol. The molecule has 2 aromatic rings. The zero-order valence-electron chi connectivity index (χ0n) is 11.9. The van der Waals surface area contributed by atoms with Crippen LogP contribution >= 0.6 is 0 Å². The molecule has 1 aromatic heterocycles. The SMILES string of the molecule is Cn1nccc1CCC(=O)C1(c2ccccc2)CCC1. The van der Waals surface area contributed by atoms with Crippen LogP contribution in [-0.2, 0) is 23.7 Å². The fourth-order valence-electron chi connectivity index (χ4n) is 3.14. The van der Waals surface area contributed by atoms with Gasteiger partial charge in [0, 0.05) is 25.4 Å². The summed E-state index contributed by atoms with van der Waals surface area (Å²) in [5.74, 6) is 0.385. The second kappa shape index (κ2) is 5.23. The van der Waals surface area contributed by atoms with Crippen LogP contribution < -0.4 is 0 Å². The number of aryl methyl sites for hydroxylation is 2. The van der Waals surface area contributed by atoms with Crippen LogP contribution in [0, 0.1) is 0 Å². The van der Waals surface area contributed by atoms with Gasteiger partial charge in [-0.3, -0.25) is 9.48 Å². The summed E-state index contributed by atoms with van der Waals surface area (Å²) >= 11 is 0. The summed E-state index contributed by atoms with van der Waals surface area (Å²) in [7, 11) is 1.93. The van der Waals surface area contributed by atoms with Gasteiger partial charge in [-0.05, 0) is 30.9 Å². The Bertz CT molecular complexity index is 596. The summed E-state index contributed by atoms with van der Waals surface area (Å²) < 4.78 is 1.85. The molecule has 0 spiro atoms. The van der Waals surface area contributed by atoms with E-state index in [9.17, 15) is 4.79 Å². The number of nitrogens with zero attached hydrogens (tertiary/aromatic N) is 2. The van der Waals surface area contributed by atoms with Gasteiger partial charge in [0.1, 0.15) is 5.78 Å². The lowest BCUT2D eigenvalue weighted by molar-refractivity contribution is -0.127. The lowest BCUT2D eigenvalue weighted by atomic mass is 9.61. The van der Waals surface area contributed by atoms with Crippen molar-refractivity contribution < 1.29 is 4.79 Å². The normalized spacial score (nSPS) is 16.6. The molecular formula is C17H20N2O. The van der Waals surface area contributed by atoms with Crippen LogP contribution in [0.25, 0.3) is 0 Å². The summed E-state index contributed by atoms with van der Waals surface area (Å²) in [6.45, 7) is 0. The van der Waals surface area contributed by atoms with Crippen LogP contribution in [-0.4, -0.2) is 15.6 Å². The molecule has 3 rings (SSSR count). The van der Waals surface area contributed by atoms with Gasteiger partial charge in [0.05, 0.1) is 5.41 Å². The molecule has 0 amide bonds.